The van der Waals surface area contributed by atoms with E-state index >= 15 is 0 Å². The van der Waals surface area contributed by atoms with Gasteiger partial charge in [0.1, 0.15) is 6.10 Å². The van der Waals surface area contributed by atoms with E-state index in [-0.39, 0.29) is 24.0 Å². The number of hydrogen-bond donors (Lipinski definition) is 2. The number of ether oxygens (including phenoxy) is 1. The van der Waals surface area contributed by atoms with Gasteiger partial charge in [-0.05, 0) is 32.1 Å². The van der Waals surface area contributed by atoms with Crippen LogP contribution in [-0.2, 0) is 9.53 Å². The van der Waals surface area contributed by atoms with Gasteiger partial charge in [0, 0.05) is 18.6 Å². The molecule has 0 spiro atoms. The lowest BCUT2D eigenvalue weighted by atomic mass is 10.0. The average Bonchev–Trinajstić information content (AvgIpc) is 2.78. The van der Waals surface area contributed by atoms with Crippen molar-refractivity contribution in [3.05, 3.63) is 0 Å². The molecule has 0 bridgehead atoms. The van der Waals surface area contributed by atoms with Crippen LogP contribution in [0.4, 0.5) is 0 Å². The fourth-order valence-corrected chi connectivity index (χ4v) is 2.98. The third kappa shape index (κ3) is 3.16. The van der Waals surface area contributed by atoms with Gasteiger partial charge in [0.15, 0.2) is 0 Å². The molecule has 1 heterocycles. The number of carbonyl (C=O) groups excluding carboxylic acids is 1. The highest BCUT2D eigenvalue weighted by Gasteiger charge is 2.32. The van der Waals surface area contributed by atoms with Gasteiger partial charge in [0.2, 0.25) is 5.91 Å². The molecule has 1 saturated carbocycles. The zero-order valence-electron chi connectivity index (χ0n) is 9.98. The van der Waals surface area contributed by atoms with Crippen molar-refractivity contribution in [1.29, 1.82) is 0 Å². The largest absolute Gasteiger partial charge is 0.393 e. The van der Waals surface area contributed by atoms with E-state index in [0.29, 0.717) is 11.6 Å². The van der Waals surface area contributed by atoms with Crippen LogP contribution >= 0.6 is 12.2 Å². The monoisotopic (exact) mass is 256 g/mol. The summed E-state index contributed by atoms with van der Waals surface area (Å²) in [5.41, 5.74) is 5.69. The summed E-state index contributed by atoms with van der Waals surface area (Å²) >= 11 is 5.04. The summed E-state index contributed by atoms with van der Waals surface area (Å²) in [6.45, 7) is 0.696. The van der Waals surface area contributed by atoms with E-state index in [1.165, 1.54) is 0 Å². The van der Waals surface area contributed by atoms with Crippen molar-refractivity contribution in [2.75, 3.05) is 6.61 Å². The predicted octanol–water partition coefficient (Wildman–Crippen LogP) is 1.13. The third-order valence-corrected chi connectivity index (χ3v) is 3.98. The van der Waals surface area contributed by atoms with Crippen molar-refractivity contribution in [2.24, 2.45) is 11.7 Å². The molecule has 1 saturated heterocycles. The lowest BCUT2D eigenvalue weighted by molar-refractivity contribution is -0.136. The Hall–Kier alpha value is -0.680. The van der Waals surface area contributed by atoms with Crippen LogP contribution in [-0.4, -0.2) is 29.6 Å². The van der Waals surface area contributed by atoms with Crippen LogP contribution in [0.25, 0.3) is 0 Å². The molecule has 2 aliphatic rings. The van der Waals surface area contributed by atoms with E-state index in [1.54, 1.807) is 0 Å². The number of amides is 1. The normalized spacial score (nSPS) is 33.3. The molecule has 5 heteroatoms. The topological polar surface area (TPSA) is 64.3 Å². The smallest absolute Gasteiger partial charge is 0.249 e. The van der Waals surface area contributed by atoms with Gasteiger partial charge in [0.25, 0.3) is 0 Å². The fraction of sp³-hybridized carbons (Fsp3) is 0.833. The first kappa shape index (κ1) is 12.8. The maximum Gasteiger partial charge on any atom is 0.249 e. The van der Waals surface area contributed by atoms with Gasteiger partial charge in [0.05, 0.1) is 4.99 Å². The summed E-state index contributed by atoms with van der Waals surface area (Å²) in [5.74, 6) is 0.176. The molecule has 0 aromatic heterocycles. The Morgan fingerprint density at radius 2 is 2.06 bits per heavy atom. The summed E-state index contributed by atoms with van der Waals surface area (Å²) in [6.07, 6.45) is 5.74. The second-order valence-corrected chi connectivity index (χ2v) is 5.38. The maximum absolute atomic E-state index is 12.0. The SMILES string of the molecule is NC(=S)C1CCCC1NC(=O)C1CCCCO1. The van der Waals surface area contributed by atoms with Gasteiger partial charge in [-0.15, -0.1) is 0 Å². The summed E-state index contributed by atoms with van der Waals surface area (Å²) in [5, 5.41) is 3.05. The second-order valence-electron chi connectivity index (χ2n) is 4.91. The summed E-state index contributed by atoms with van der Waals surface area (Å²) in [6, 6.07) is 0.116. The molecule has 3 atom stereocenters. The molecule has 1 aliphatic heterocycles. The average molecular weight is 256 g/mol. The van der Waals surface area contributed by atoms with Crippen molar-refractivity contribution in [3.8, 4) is 0 Å². The van der Waals surface area contributed by atoms with Gasteiger partial charge in [-0.3, -0.25) is 4.79 Å². The maximum atomic E-state index is 12.0. The van der Waals surface area contributed by atoms with Crippen LogP contribution in [0.5, 0.6) is 0 Å². The van der Waals surface area contributed by atoms with E-state index in [9.17, 15) is 4.79 Å². The van der Waals surface area contributed by atoms with Crippen molar-refractivity contribution in [2.45, 2.75) is 50.7 Å². The molecule has 96 valence electrons. The molecule has 4 nitrogen and oxygen atoms in total. The van der Waals surface area contributed by atoms with E-state index in [0.717, 1.165) is 38.5 Å². The molecule has 3 N–H and O–H groups in total. The molecule has 3 unspecified atom stereocenters. The fourth-order valence-electron chi connectivity index (χ4n) is 2.70. The Bertz CT molecular complexity index is 303. The van der Waals surface area contributed by atoms with E-state index in [1.807, 2.05) is 0 Å². The second kappa shape index (κ2) is 5.78. The number of rotatable bonds is 3. The van der Waals surface area contributed by atoms with Crippen LogP contribution < -0.4 is 11.1 Å². The molecular weight excluding hydrogens is 236 g/mol. The van der Waals surface area contributed by atoms with Gasteiger partial charge in [-0.2, -0.15) is 0 Å². The standard InChI is InChI=1S/C12H20N2O2S/c13-11(17)8-4-3-5-9(8)14-12(15)10-6-1-2-7-16-10/h8-10H,1-7H2,(H2,13,17)(H,14,15). The lowest BCUT2D eigenvalue weighted by Gasteiger charge is -2.26. The van der Waals surface area contributed by atoms with Gasteiger partial charge in [-0.25, -0.2) is 0 Å². The van der Waals surface area contributed by atoms with Crippen LogP contribution in [0.2, 0.25) is 0 Å². The van der Waals surface area contributed by atoms with Crippen LogP contribution in [0.1, 0.15) is 38.5 Å². The molecule has 0 aromatic rings. The minimum absolute atomic E-state index is 0.0119. The Kier molecular flexibility index (Phi) is 4.34. The quantitative estimate of drug-likeness (QED) is 0.743. The number of nitrogens with two attached hydrogens (primary N) is 1. The molecule has 1 aliphatic carbocycles. The Morgan fingerprint density at radius 1 is 1.24 bits per heavy atom. The third-order valence-electron chi connectivity index (χ3n) is 3.68. The van der Waals surface area contributed by atoms with Crippen molar-refractivity contribution < 1.29 is 9.53 Å². The van der Waals surface area contributed by atoms with E-state index in [4.69, 9.17) is 22.7 Å². The Labute approximate surface area is 107 Å². The van der Waals surface area contributed by atoms with Crippen molar-refractivity contribution in [3.63, 3.8) is 0 Å². The molecule has 1 amide bonds. The molecule has 2 rings (SSSR count). The summed E-state index contributed by atoms with van der Waals surface area (Å²) in [7, 11) is 0. The summed E-state index contributed by atoms with van der Waals surface area (Å²) in [4.78, 5) is 12.5. The number of carbonyl (C=O) groups is 1. The molecule has 0 aromatic carbocycles. The summed E-state index contributed by atoms with van der Waals surface area (Å²) < 4.78 is 5.47. The first-order chi connectivity index (χ1) is 8.18. The highest BCUT2D eigenvalue weighted by molar-refractivity contribution is 7.80. The highest BCUT2D eigenvalue weighted by Crippen LogP contribution is 2.26. The van der Waals surface area contributed by atoms with Crippen LogP contribution in [0, 0.1) is 5.92 Å². The zero-order chi connectivity index (χ0) is 12.3. The first-order valence-corrected chi connectivity index (χ1v) is 6.80. The van der Waals surface area contributed by atoms with Gasteiger partial charge in [-0.1, -0.05) is 18.6 Å². The Balaban J connectivity index is 1.86. The van der Waals surface area contributed by atoms with Crippen LogP contribution in [0.15, 0.2) is 0 Å². The number of hydrogen-bond acceptors (Lipinski definition) is 3. The molecular formula is C12H20N2O2S. The Morgan fingerprint density at radius 3 is 2.71 bits per heavy atom. The van der Waals surface area contributed by atoms with E-state index in [2.05, 4.69) is 5.32 Å². The van der Waals surface area contributed by atoms with Crippen molar-refractivity contribution in [1.82, 2.24) is 5.32 Å². The molecule has 0 radical (unpaired) electrons. The van der Waals surface area contributed by atoms with Gasteiger partial charge < -0.3 is 15.8 Å². The van der Waals surface area contributed by atoms with Crippen molar-refractivity contribution >= 4 is 23.1 Å². The van der Waals surface area contributed by atoms with Crippen LogP contribution in [0.3, 0.4) is 0 Å². The minimum Gasteiger partial charge on any atom is -0.393 e. The first-order valence-electron chi connectivity index (χ1n) is 6.40. The molecule has 17 heavy (non-hydrogen) atoms. The zero-order valence-corrected chi connectivity index (χ0v) is 10.8. The van der Waals surface area contributed by atoms with E-state index < -0.39 is 0 Å². The lowest BCUT2D eigenvalue weighted by Crippen LogP contribution is -2.47. The number of nitrogens with one attached hydrogen (secondary N) is 1. The predicted molar refractivity (Wildman–Crippen MR) is 69.6 cm³/mol. The minimum atomic E-state index is -0.267. The van der Waals surface area contributed by atoms with Gasteiger partial charge >= 0.3 is 0 Å². The molecule has 2 fully saturated rings. The number of thiocarbonyl (C=S) groups is 1. The highest BCUT2D eigenvalue weighted by atomic mass is 32.1.